The van der Waals surface area contributed by atoms with Crippen molar-refractivity contribution in [2.45, 2.75) is 90.1 Å². The fraction of sp³-hybridized carbons (Fsp3) is 0.536. The largest absolute Gasteiger partial charge is 0.490 e. The Kier molecular flexibility index (Phi) is 10.9. The van der Waals surface area contributed by atoms with E-state index in [0.29, 0.717) is 0 Å². The Morgan fingerprint density at radius 3 is 2.21 bits per heavy atom. The molecule has 2 aromatic carbocycles. The number of benzene rings is 2. The summed E-state index contributed by atoms with van der Waals surface area (Å²) in [5.74, 6) is 0.954. The van der Waals surface area contributed by atoms with Gasteiger partial charge in [0.1, 0.15) is 17.9 Å². The van der Waals surface area contributed by atoms with Crippen molar-refractivity contribution >= 4 is 19.1 Å². The summed E-state index contributed by atoms with van der Waals surface area (Å²) in [5.41, 5.74) is 2.98. The van der Waals surface area contributed by atoms with Crippen LogP contribution in [0.2, 0.25) is 0 Å². The zero-order valence-corrected chi connectivity index (χ0v) is 21.7. The Morgan fingerprint density at radius 1 is 1.03 bits per heavy atom. The van der Waals surface area contributed by atoms with E-state index in [1.54, 1.807) is 19.2 Å². The van der Waals surface area contributed by atoms with Crippen molar-refractivity contribution in [1.29, 1.82) is 0 Å². The second kappa shape index (κ2) is 13.1. The quantitative estimate of drug-likeness (QED) is 0.334. The van der Waals surface area contributed by atoms with Gasteiger partial charge in [-0.3, -0.25) is 4.72 Å². The molecule has 2 aromatic rings. The van der Waals surface area contributed by atoms with Crippen LogP contribution in [0.4, 0.5) is 4.39 Å². The van der Waals surface area contributed by atoms with Crippen LogP contribution >= 0.6 is 12.8 Å². The van der Waals surface area contributed by atoms with Gasteiger partial charge < -0.3 is 9.53 Å². The van der Waals surface area contributed by atoms with Crippen LogP contribution in [0.5, 0.6) is 5.75 Å². The Bertz CT molecular complexity index is 889. The topological polar surface area (TPSA) is 38.3 Å². The number of rotatable bonds is 6. The first-order valence-electron chi connectivity index (χ1n) is 12.3. The normalized spacial score (nSPS) is 16.1. The predicted octanol–water partition coefficient (Wildman–Crippen LogP) is 7.63. The minimum Gasteiger partial charge on any atom is -0.490 e. The van der Waals surface area contributed by atoms with E-state index in [1.165, 1.54) is 12.8 Å². The highest BCUT2D eigenvalue weighted by molar-refractivity contribution is 7.78. The highest BCUT2D eigenvalue weighted by Gasteiger charge is 2.29. The second-order valence-electron chi connectivity index (χ2n) is 9.13. The van der Waals surface area contributed by atoms with Gasteiger partial charge in [0, 0.05) is 11.0 Å². The molecule has 2 fully saturated rings. The van der Waals surface area contributed by atoms with E-state index < -0.39 is 5.41 Å². The van der Waals surface area contributed by atoms with Gasteiger partial charge in [-0.1, -0.05) is 51.3 Å². The van der Waals surface area contributed by atoms with Gasteiger partial charge >= 0.3 is 0 Å². The third-order valence-corrected chi connectivity index (χ3v) is 6.47. The average Bonchev–Trinajstić information content (AvgIpc) is 3.29. The van der Waals surface area contributed by atoms with Crippen LogP contribution in [-0.4, -0.2) is 19.4 Å². The van der Waals surface area contributed by atoms with Gasteiger partial charge in [0.2, 0.25) is 0 Å². The number of hydrogen-bond donors (Lipinski definition) is 2. The molecule has 0 amide bonds. The summed E-state index contributed by atoms with van der Waals surface area (Å²) in [6, 6.07) is 11.3. The van der Waals surface area contributed by atoms with Gasteiger partial charge in [0.15, 0.2) is 0 Å². The predicted molar refractivity (Wildman–Crippen MR) is 140 cm³/mol. The number of aldehydes is 1. The maximum atomic E-state index is 14.8. The van der Waals surface area contributed by atoms with E-state index in [9.17, 15) is 9.18 Å². The van der Waals surface area contributed by atoms with Crippen molar-refractivity contribution in [2.75, 3.05) is 7.05 Å². The van der Waals surface area contributed by atoms with Crippen molar-refractivity contribution in [3.8, 4) is 16.9 Å². The zero-order valence-electron chi connectivity index (χ0n) is 20.8. The van der Waals surface area contributed by atoms with Crippen LogP contribution in [0.25, 0.3) is 11.1 Å². The molecule has 0 saturated heterocycles. The molecule has 0 aliphatic heterocycles. The number of hydrogen-bond acceptors (Lipinski definition) is 4. The lowest BCUT2D eigenvalue weighted by Gasteiger charge is -2.29. The van der Waals surface area contributed by atoms with Gasteiger partial charge in [0.05, 0.1) is 6.10 Å². The molecule has 0 unspecified atom stereocenters. The average molecular weight is 474 g/mol. The Morgan fingerprint density at radius 2 is 1.67 bits per heavy atom. The second-order valence-corrected chi connectivity index (χ2v) is 9.57. The molecule has 2 aliphatic carbocycles. The van der Waals surface area contributed by atoms with Crippen molar-refractivity contribution < 1.29 is 13.9 Å². The summed E-state index contributed by atoms with van der Waals surface area (Å²) in [5, 5.41) is 0. The SMILES string of the molecule is CC.CC(C)(C=O)c1ccc(OC2CCCC2)c(-c2cccc(F)c2C2CCC2)c1.CNS. The lowest BCUT2D eigenvalue weighted by atomic mass is 9.76. The molecular formula is C28H40FNO2S. The van der Waals surface area contributed by atoms with Crippen molar-refractivity contribution in [3.63, 3.8) is 0 Å². The van der Waals surface area contributed by atoms with Crippen LogP contribution in [-0.2, 0) is 10.2 Å². The minimum atomic E-state index is -0.593. The summed E-state index contributed by atoms with van der Waals surface area (Å²) in [6.45, 7) is 7.82. The van der Waals surface area contributed by atoms with Gasteiger partial charge in [0.25, 0.3) is 0 Å². The van der Waals surface area contributed by atoms with Gasteiger partial charge in [-0.2, -0.15) is 0 Å². The summed E-state index contributed by atoms with van der Waals surface area (Å²) in [6.07, 6.45) is 8.96. The lowest BCUT2D eigenvalue weighted by Crippen LogP contribution is -2.19. The molecule has 0 heterocycles. The highest BCUT2D eigenvalue weighted by Crippen LogP contribution is 2.45. The molecule has 182 valence electrons. The van der Waals surface area contributed by atoms with Gasteiger partial charge in [-0.15, -0.1) is 0 Å². The fourth-order valence-corrected chi connectivity index (χ4v) is 4.38. The Hall–Kier alpha value is -1.85. The van der Waals surface area contributed by atoms with Crippen molar-refractivity contribution in [3.05, 3.63) is 53.3 Å². The molecular weight excluding hydrogens is 433 g/mol. The molecule has 2 aliphatic rings. The minimum absolute atomic E-state index is 0.130. The Labute approximate surface area is 205 Å². The van der Waals surface area contributed by atoms with E-state index in [1.807, 2.05) is 52.0 Å². The molecule has 0 radical (unpaired) electrons. The molecule has 2 saturated carbocycles. The first-order chi connectivity index (χ1) is 15.9. The van der Waals surface area contributed by atoms with Gasteiger partial charge in [-0.05, 0) is 100 Å². The molecule has 33 heavy (non-hydrogen) atoms. The van der Waals surface area contributed by atoms with E-state index in [2.05, 4.69) is 17.5 Å². The zero-order chi connectivity index (χ0) is 24.4. The molecule has 0 spiro atoms. The van der Waals surface area contributed by atoms with Crippen LogP contribution in [0.15, 0.2) is 36.4 Å². The first-order valence-corrected chi connectivity index (χ1v) is 12.7. The molecule has 0 bridgehead atoms. The van der Waals surface area contributed by atoms with E-state index in [0.717, 1.165) is 66.4 Å². The number of carbonyl (C=O) groups is 1. The smallest absolute Gasteiger partial charge is 0.129 e. The molecule has 0 aromatic heterocycles. The van der Waals surface area contributed by atoms with Gasteiger partial charge in [-0.25, -0.2) is 4.39 Å². The van der Waals surface area contributed by atoms with Crippen LogP contribution in [0, 0.1) is 5.82 Å². The summed E-state index contributed by atoms with van der Waals surface area (Å²) in [4.78, 5) is 11.6. The maximum Gasteiger partial charge on any atom is 0.129 e. The number of halogens is 1. The molecule has 3 nitrogen and oxygen atoms in total. The van der Waals surface area contributed by atoms with Crippen molar-refractivity contribution in [2.24, 2.45) is 0 Å². The van der Waals surface area contributed by atoms with E-state index in [4.69, 9.17) is 4.74 Å². The molecule has 5 heteroatoms. The molecule has 4 rings (SSSR count). The highest BCUT2D eigenvalue weighted by atomic mass is 32.1. The molecule has 1 N–H and O–H groups in total. The van der Waals surface area contributed by atoms with Crippen LogP contribution in [0.1, 0.15) is 89.7 Å². The summed E-state index contributed by atoms with van der Waals surface area (Å²) < 4.78 is 23.7. The number of ether oxygens (including phenoxy) is 1. The third-order valence-electron chi connectivity index (χ3n) is 6.47. The summed E-state index contributed by atoms with van der Waals surface area (Å²) in [7, 11) is 1.74. The lowest BCUT2D eigenvalue weighted by molar-refractivity contribution is -0.111. The summed E-state index contributed by atoms with van der Waals surface area (Å²) >= 11 is 3.54. The third kappa shape index (κ3) is 6.83. The Balaban J connectivity index is 0.000000714. The van der Waals surface area contributed by atoms with Crippen molar-refractivity contribution in [1.82, 2.24) is 4.72 Å². The number of thiol groups is 1. The number of carbonyl (C=O) groups excluding carboxylic acids is 1. The monoisotopic (exact) mass is 473 g/mol. The van der Waals surface area contributed by atoms with E-state index >= 15 is 0 Å². The maximum absolute atomic E-state index is 14.8. The van der Waals surface area contributed by atoms with E-state index in [-0.39, 0.29) is 17.8 Å². The first kappa shape index (κ1) is 27.4. The standard InChI is InChI=1S/C25H29FO2.C2H6.CH5NS/c1-25(2,16-27)18-13-14-23(28-19-9-3-4-10-19)21(15-18)20-11-6-12-22(26)24(20)17-7-5-8-17;1-2;1-2-3/h6,11-17,19H,3-5,7-10H2,1-2H3;1-2H3;2-3H,1H3. The fourth-order valence-electron chi connectivity index (χ4n) is 4.38. The number of nitrogens with one attached hydrogen (secondary N) is 1. The van der Waals surface area contributed by atoms with Crippen LogP contribution in [0.3, 0.4) is 0 Å². The van der Waals surface area contributed by atoms with Crippen LogP contribution < -0.4 is 9.46 Å². The molecule has 0 atom stereocenters.